The molecule has 0 atom stereocenters. The Kier molecular flexibility index (Phi) is 4.39. The number of nitro benzene ring substituents is 1. The van der Waals surface area contributed by atoms with E-state index in [-0.39, 0.29) is 0 Å². The van der Waals surface area contributed by atoms with Gasteiger partial charge in [0.05, 0.1) is 4.92 Å². The van der Waals surface area contributed by atoms with E-state index in [1.165, 1.54) is 23.9 Å². The van der Waals surface area contributed by atoms with Gasteiger partial charge in [-0.1, -0.05) is 17.7 Å². The highest BCUT2D eigenvalue weighted by Crippen LogP contribution is 2.26. The van der Waals surface area contributed by atoms with E-state index in [1.807, 2.05) is 12.1 Å². The smallest absolute Gasteiger partial charge is 0.258 e. The lowest BCUT2D eigenvalue weighted by molar-refractivity contribution is -0.387. The molecule has 0 heterocycles. The van der Waals surface area contributed by atoms with Crippen molar-refractivity contribution in [3.63, 3.8) is 0 Å². The van der Waals surface area contributed by atoms with Gasteiger partial charge < -0.3 is 0 Å². The molecular weight excluding hydrogens is 289 g/mol. The number of thioether (sulfide) groups is 1. The maximum absolute atomic E-state index is 13.4. The van der Waals surface area contributed by atoms with Gasteiger partial charge in [0.25, 0.3) is 0 Å². The zero-order chi connectivity index (χ0) is 13.8. The van der Waals surface area contributed by atoms with E-state index in [2.05, 4.69) is 0 Å². The van der Waals surface area contributed by atoms with Crippen LogP contribution in [-0.2, 0) is 5.75 Å². The predicted molar refractivity (Wildman–Crippen MR) is 74.1 cm³/mol. The third kappa shape index (κ3) is 3.68. The van der Waals surface area contributed by atoms with Gasteiger partial charge in [0.1, 0.15) is 0 Å². The summed E-state index contributed by atoms with van der Waals surface area (Å²) in [6, 6.07) is 11.2. The molecule has 0 N–H and O–H groups in total. The van der Waals surface area contributed by atoms with Gasteiger partial charge in [-0.2, -0.15) is 4.39 Å². The highest BCUT2D eigenvalue weighted by molar-refractivity contribution is 7.98. The van der Waals surface area contributed by atoms with Crippen LogP contribution >= 0.6 is 23.4 Å². The number of hydrogen-bond donors (Lipinski definition) is 0. The van der Waals surface area contributed by atoms with E-state index in [0.29, 0.717) is 16.3 Å². The lowest BCUT2D eigenvalue weighted by Crippen LogP contribution is -1.93. The second-order valence-electron chi connectivity index (χ2n) is 3.79. The molecule has 19 heavy (non-hydrogen) atoms. The minimum atomic E-state index is -0.806. The Morgan fingerprint density at radius 2 is 1.89 bits per heavy atom. The van der Waals surface area contributed by atoms with Crippen molar-refractivity contribution in [1.29, 1.82) is 0 Å². The standard InChI is InChI=1S/C13H9ClFNO2S/c14-10-2-4-11(5-3-10)19-8-9-1-6-13(16(17)18)12(15)7-9/h1-7H,8H2. The Balaban J connectivity index is 2.06. The monoisotopic (exact) mass is 297 g/mol. The second kappa shape index (κ2) is 6.04. The van der Waals surface area contributed by atoms with Crippen molar-refractivity contribution in [2.75, 3.05) is 0 Å². The van der Waals surface area contributed by atoms with E-state index in [4.69, 9.17) is 11.6 Å². The molecule has 0 aliphatic heterocycles. The first kappa shape index (κ1) is 13.8. The molecule has 2 aromatic rings. The summed E-state index contributed by atoms with van der Waals surface area (Å²) in [5.41, 5.74) is 0.197. The van der Waals surface area contributed by atoms with E-state index >= 15 is 0 Å². The molecule has 6 heteroatoms. The van der Waals surface area contributed by atoms with Crippen LogP contribution in [0.5, 0.6) is 0 Å². The van der Waals surface area contributed by atoms with Crippen LogP contribution in [0.4, 0.5) is 10.1 Å². The Morgan fingerprint density at radius 3 is 2.47 bits per heavy atom. The molecule has 0 aliphatic carbocycles. The van der Waals surface area contributed by atoms with E-state index in [9.17, 15) is 14.5 Å². The summed E-state index contributed by atoms with van der Waals surface area (Å²) < 4.78 is 13.4. The SMILES string of the molecule is O=[N+]([O-])c1ccc(CSc2ccc(Cl)cc2)cc1F. The normalized spacial score (nSPS) is 10.4. The molecule has 0 fully saturated rings. The second-order valence-corrected chi connectivity index (χ2v) is 5.27. The van der Waals surface area contributed by atoms with E-state index in [0.717, 1.165) is 4.90 Å². The average Bonchev–Trinajstić information content (AvgIpc) is 2.37. The van der Waals surface area contributed by atoms with Gasteiger partial charge in [-0.25, -0.2) is 0 Å². The lowest BCUT2D eigenvalue weighted by atomic mass is 10.2. The van der Waals surface area contributed by atoms with Crippen LogP contribution in [0.15, 0.2) is 47.4 Å². The molecule has 2 rings (SSSR count). The first-order chi connectivity index (χ1) is 9.06. The molecule has 0 aliphatic rings. The van der Waals surface area contributed by atoms with Crippen LogP contribution in [0.2, 0.25) is 5.02 Å². The van der Waals surface area contributed by atoms with E-state index in [1.54, 1.807) is 18.2 Å². The summed E-state index contributed by atoms with van der Waals surface area (Å²) in [4.78, 5) is 10.8. The third-order valence-corrected chi connectivity index (χ3v) is 3.76. The van der Waals surface area contributed by atoms with Gasteiger partial charge in [0, 0.05) is 21.7 Å². The molecule has 3 nitrogen and oxygen atoms in total. The Morgan fingerprint density at radius 1 is 1.21 bits per heavy atom. The number of halogens is 2. The summed E-state index contributed by atoms with van der Waals surface area (Å²) in [5, 5.41) is 11.2. The highest BCUT2D eigenvalue weighted by atomic mass is 35.5. The fourth-order valence-corrected chi connectivity index (χ4v) is 2.45. The lowest BCUT2D eigenvalue weighted by Gasteiger charge is -2.03. The quantitative estimate of drug-likeness (QED) is 0.467. The molecule has 98 valence electrons. The first-order valence-electron chi connectivity index (χ1n) is 5.37. The number of rotatable bonds is 4. The summed E-state index contributed by atoms with van der Waals surface area (Å²) >= 11 is 7.28. The molecule has 0 unspecified atom stereocenters. The van der Waals surface area contributed by atoms with Crippen LogP contribution < -0.4 is 0 Å². The zero-order valence-corrected chi connectivity index (χ0v) is 11.2. The summed E-state index contributed by atoms with van der Waals surface area (Å²) in [5.74, 6) is -0.268. The van der Waals surface area contributed by atoms with Crippen LogP contribution in [-0.4, -0.2) is 4.92 Å². The highest BCUT2D eigenvalue weighted by Gasteiger charge is 2.13. The minimum absolute atomic E-state index is 0.500. The number of nitrogens with zero attached hydrogens (tertiary/aromatic N) is 1. The molecule has 0 amide bonds. The van der Waals surface area contributed by atoms with Crippen molar-refractivity contribution in [3.8, 4) is 0 Å². The largest absolute Gasteiger partial charge is 0.304 e. The molecular formula is C13H9ClFNO2S. The summed E-state index contributed by atoms with van der Waals surface area (Å²) in [6.45, 7) is 0. The third-order valence-electron chi connectivity index (χ3n) is 2.43. The molecule has 2 aromatic carbocycles. The van der Waals surface area contributed by atoms with Crippen LogP contribution in [0.3, 0.4) is 0 Å². The van der Waals surface area contributed by atoms with Crippen molar-refractivity contribution in [3.05, 3.63) is 69.0 Å². The van der Waals surface area contributed by atoms with Gasteiger partial charge in [-0.15, -0.1) is 11.8 Å². The van der Waals surface area contributed by atoms with Crippen molar-refractivity contribution < 1.29 is 9.31 Å². The molecule has 0 radical (unpaired) electrons. The van der Waals surface area contributed by atoms with Gasteiger partial charge in [-0.3, -0.25) is 10.1 Å². The molecule has 0 spiro atoms. The van der Waals surface area contributed by atoms with Crippen molar-refractivity contribution in [1.82, 2.24) is 0 Å². The fraction of sp³-hybridized carbons (Fsp3) is 0.0769. The molecule has 0 saturated heterocycles. The fourth-order valence-electron chi connectivity index (χ4n) is 1.49. The van der Waals surface area contributed by atoms with Gasteiger partial charge in [-0.05, 0) is 35.9 Å². The number of hydrogen-bond acceptors (Lipinski definition) is 3. The molecule has 0 saturated carbocycles. The zero-order valence-electron chi connectivity index (χ0n) is 9.68. The topological polar surface area (TPSA) is 43.1 Å². The minimum Gasteiger partial charge on any atom is -0.258 e. The maximum Gasteiger partial charge on any atom is 0.304 e. The van der Waals surface area contributed by atoms with Crippen molar-refractivity contribution >= 4 is 29.1 Å². The number of benzene rings is 2. The maximum atomic E-state index is 13.4. The molecule has 0 bridgehead atoms. The van der Waals surface area contributed by atoms with Crippen molar-refractivity contribution in [2.24, 2.45) is 0 Å². The molecule has 0 aromatic heterocycles. The first-order valence-corrected chi connectivity index (χ1v) is 6.74. The van der Waals surface area contributed by atoms with Gasteiger partial charge >= 0.3 is 5.69 Å². The van der Waals surface area contributed by atoms with Crippen LogP contribution in [0.1, 0.15) is 5.56 Å². The summed E-state index contributed by atoms with van der Waals surface area (Å²) in [6.07, 6.45) is 0. The Hall–Kier alpha value is -1.59. The van der Waals surface area contributed by atoms with Crippen LogP contribution in [0.25, 0.3) is 0 Å². The summed E-state index contributed by atoms with van der Waals surface area (Å²) in [7, 11) is 0. The number of nitro groups is 1. The Bertz CT molecular complexity index is 604. The van der Waals surface area contributed by atoms with Crippen LogP contribution in [0, 0.1) is 15.9 Å². The van der Waals surface area contributed by atoms with E-state index < -0.39 is 16.4 Å². The van der Waals surface area contributed by atoms with Crippen molar-refractivity contribution in [2.45, 2.75) is 10.6 Å². The predicted octanol–water partition coefficient (Wildman–Crippen LogP) is 4.68. The van der Waals surface area contributed by atoms with Gasteiger partial charge in [0.15, 0.2) is 0 Å². The van der Waals surface area contributed by atoms with Gasteiger partial charge in [0.2, 0.25) is 5.82 Å². The Labute approximate surface area is 118 Å². The average molecular weight is 298 g/mol.